The molecular weight excluding hydrogens is 252 g/mol. The molecule has 0 saturated carbocycles. The minimum atomic E-state index is 0.132. The van der Waals surface area contributed by atoms with Gasteiger partial charge in [-0.2, -0.15) is 0 Å². The van der Waals surface area contributed by atoms with Gasteiger partial charge in [0.15, 0.2) is 0 Å². The Balaban J connectivity index is 2.64. The predicted octanol–water partition coefficient (Wildman–Crippen LogP) is 6.28. The molecule has 0 fully saturated rings. The Morgan fingerprint density at radius 2 is 1.52 bits per heavy atom. The third kappa shape index (κ3) is 2.58. The van der Waals surface area contributed by atoms with Gasteiger partial charge in [-0.25, -0.2) is 0 Å². The van der Waals surface area contributed by atoms with E-state index in [4.69, 9.17) is 0 Å². The SMILES string of the molecule is C=CC(CC)(CC)c1ccc2c(c1)C(C)(C)CCC2(C)C. The molecular formula is C21H32. The molecule has 1 aromatic carbocycles. The van der Waals surface area contributed by atoms with Gasteiger partial charge in [0.2, 0.25) is 0 Å². The third-order valence-electron chi connectivity index (χ3n) is 6.08. The first-order valence-electron chi connectivity index (χ1n) is 8.51. The molecule has 1 aliphatic carbocycles. The molecule has 0 spiro atoms. The smallest absolute Gasteiger partial charge is 0.0124 e. The maximum Gasteiger partial charge on any atom is 0.0124 e. The predicted molar refractivity (Wildman–Crippen MR) is 94.2 cm³/mol. The highest BCUT2D eigenvalue weighted by molar-refractivity contribution is 5.46. The van der Waals surface area contributed by atoms with E-state index < -0.39 is 0 Å². The molecule has 0 heteroatoms. The van der Waals surface area contributed by atoms with Crippen molar-refractivity contribution in [3.63, 3.8) is 0 Å². The third-order valence-corrected chi connectivity index (χ3v) is 6.08. The zero-order valence-corrected chi connectivity index (χ0v) is 14.8. The molecule has 0 bridgehead atoms. The summed E-state index contributed by atoms with van der Waals surface area (Å²) in [4.78, 5) is 0. The summed E-state index contributed by atoms with van der Waals surface area (Å²) in [6.07, 6.45) is 6.96. The molecule has 0 amide bonds. The minimum Gasteiger partial charge on any atom is -0.102 e. The highest BCUT2D eigenvalue weighted by Crippen LogP contribution is 2.47. The van der Waals surface area contributed by atoms with Crippen molar-refractivity contribution in [1.29, 1.82) is 0 Å². The van der Waals surface area contributed by atoms with Gasteiger partial charge >= 0.3 is 0 Å². The quantitative estimate of drug-likeness (QED) is 0.571. The molecule has 1 aliphatic rings. The average Bonchev–Trinajstić information content (AvgIpc) is 2.47. The summed E-state index contributed by atoms with van der Waals surface area (Å²) >= 11 is 0. The maximum absolute atomic E-state index is 4.13. The summed E-state index contributed by atoms with van der Waals surface area (Å²) in [5.74, 6) is 0. The Bertz CT molecular complexity index is 527. The van der Waals surface area contributed by atoms with Crippen LogP contribution in [0.4, 0.5) is 0 Å². The molecule has 0 nitrogen and oxygen atoms in total. The van der Waals surface area contributed by atoms with E-state index in [9.17, 15) is 0 Å². The Morgan fingerprint density at radius 1 is 1.00 bits per heavy atom. The first-order chi connectivity index (χ1) is 9.72. The standard InChI is InChI=1S/C21H32/c1-8-21(9-2,10-3)16-11-12-17-18(15-16)20(6,7)14-13-19(17,4)5/h8,11-12,15H,1,9-10,13-14H2,2-7H3. The Kier molecular flexibility index (Phi) is 4.12. The molecule has 21 heavy (non-hydrogen) atoms. The van der Waals surface area contributed by atoms with Crippen molar-refractivity contribution in [3.05, 3.63) is 47.5 Å². The van der Waals surface area contributed by atoms with Gasteiger partial charge in [0.25, 0.3) is 0 Å². The van der Waals surface area contributed by atoms with E-state index in [1.165, 1.54) is 18.4 Å². The van der Waals surface area contributed by atoms with E-state index in [2.05, 4.69) is 72.4 Å². The van der Waals surface area contributed by atoms with Crippen LogP contribution in [0.3, 0.4) is 0 Å². The van der Waals surface area contributed by atoms with Crippen LogP contribution in [0.1, 0.15) is 83.9 Å². The van der Waals surface area contributed by atoms with Crippen LogP contribution in [0.15, 0.2) is 30.9 Å². The average molecular weight is 284 g/mol. The van der Waals surface area contributed by atoms with Crippen molar-refractivity contribution >= 4 is 0 Å². The Morgan fingerprint density at radius 3 is 2.00 bits per heavy atom. The lowest BCUT2D eigenvalue weighted by atomic mass is 9.62. The first-order valence-corrected chi connectivity index (χ1v) is 8.51. The largest absolute Gasteiger partial charge is 0.102 e. The second-order valence-corrected chi connectivity index (χ2v) is 8.10. The van der Waals surface area contributed by atoms with Crippen LogP contribution in [0.25, 0.3) is 0 Å². The number of hydrogen-bond donors (Lipinski definition) is 0. The van der Waals surface area contributed by atoms with E-state index in [1.54, 1.807) is 11.1 Å². The van der Waals surface area contributed by atoms with Crippen LogP contribution in [-0.2, 0) is 16.2 Å². The lowest BCUT2D eigenvalue weighted by Gasteiger charge is -2.43. The van der Waals surface area contributed by atoms with Gasteiger partial charge in [-0.05, 0) is 53.2 Å². The van der Waals surface area contributed by atoms with Gasteiger partial charge in [-0.15, -0.1) is 6.58 Å². The lowest BCUT2D eigenvalue weighted by molar-refractivity contribution is 0.330. The Labute approximate surface area is 131 Å². The van der Waals surface area contributed by atoms with Gasteiger partial charge in [0, 0.05) is 5.41 Å². The molecule has 0 unspecified atom stereocenters. The van der Waals surface area contributed by atoms with Gasteiger partial charge in [0.05, 0.1) is 0 Å². The fraction of sp³-hybridized carbons (Fsp3) is 0.619. The number of rotatable bonds is 4. The monoisotopic (exact) mass is 284 g/mol. The summed E-state index contributed by atoms with van der Waals surface area (Å²) in [5.41, 5.74) is 5.28. The second kappa shape index (κ2) is 5.30. The van der Waals surface area contributed by atoms with Crippen LogP contribution >= 0.6 is 0 Å². The maximum atomic E-state index is 4.13. The molecule has 0 atom stereocenters. The lowest BCUT2D eigenvalue weighted by Crippen LogP contribution is -2.34. The van der Waals surface area contributed by atoms with Crippen molar-refractivity contribution in [2.24, 2.45) is 0 Å². The number of hydrogen-bond acceptors (Lipinski definition) is 0. The van der Waals surface area contributed by atoms with Crippen molar-refractivity contribution in [3.8, 4) is 0 Å². The molecule has 1 aromatic rings. The number of allylic oxidation sites excluding steroid dienone is 1. The fourth-order valence-corrected chi connectivity index (χ4v) is 3.96. The Hall–Kier alpha value is -1.04. The molecule has 116 valence electrons. The van der Waals surface area contributed by atoms with E-state index in [-0.39, 0.29) is 10.8 Å². The van der Waals surface area contributed by atoms with E-state index in [1.807, 2.05) is 0 Å². The van der Waals surface area contributed by atoms with Crippen LogP contribution in [0.2, 0.25) is 0 Å². The topological polar surface area (TPSA) is 0 Å². The molecule has 0 aromatic heterocycles. The van der Waals surface area contributed by atoms with Crippen LogP contribution in [-0.4, -0.2) is 0 Å². The van der Waals surface area contributed by atoms with Crippen molar-refractivity contribution in [2.45, 2.75) is 83.5 Å². The van der Waals surface area contributed by atoms with Crippen molar-refractivity contribution in [1.82, 2.24) is 0 Å². The molecule has 2 rings (SSSR count). The van der Waals surface area contributed by atoms with Crippen molar-refractivity contribution in [2.75, 3.05) is 0 Å². The molecule has 0 aliphatic heterocycles. The summed E-state index contributed by atoms with van der Waals surface area (Å²) in [6, 6.07) is 7.25. The van der Waals surface area contributed by atoms with Crippen LogP contribution < -0.4 is 0 Å². The minimum absolute atomic E-state index is 0.132. The van der Waals surface area contributed by atoms with Gasteiger partial charge in [-0.1, -0.05) is 65.8 Å². The van der Waals surface area contributed by atoms with E-state index in [0.717, 1.165) is 12.8 Å². The van der Waals surface area contributed by atoms with Gasteiger partial charge in [0.1, 0.15) is 0 Å². The van der Waals surface area contributed by atoms with E-state index in [0.29, 0.717) is 5.41 Å². The van der Waals surface area contributed by atoms with Crippen LogP contribution in [0, 0.1) is 0 Å². The number of benzene rings is 1. The summed E-state index contributed by atoms with van der Waals surface area (Å²) < 4.78 is 0. The zero-order valence-electron chi connectivity index (χ0n) is 14.8. The van der Waals surface area contributed by atoms with E-state index >= 15 is 0 Å². The summed E-state index contributed by atoms with van der Waals surface area (Å²) in [6.45, 7) is 18.3. The molecule has 0 radical (unpaired) electrons. The van der Waals surface area contributed by atoms with Crippen LogP contribution in [0.5, 0.6) is 0 Å². The molecule has 0 saturated heterocycles. The summed E-state index contributed by atoms with van der Waals surface area (Å²) in [7, 11) is 0. The van der Waals surface area contributed by atoms with Gasteiger partial charge < -0.3 is 0 Å². The first kappa shape index (κ1) is 16.3. The molecule has 0 heterocycles. The highest BCUT2D eigenvalue weighted by atomic mass is 14.4. The highest BCUT2D eigenvalue weighted by Gasteiger charge is 2.38. The van der Waals surface area contributed by atoms with Gasteiger partial charge in [-0.3, -0.25) is 0 Å². The number of fused-ring (bicyclic) bond motifs is 1. The zero-order chi connectivity index (χ0) is 15.9. The van der Waals surface area contributed by atoms with Crippen molar-refractivity contribution < 1.29 is 0 Å². The normalized spacial score (nSPS) is 19.9. The second-order valence-electron chi connectivity index (χ2n) is 8.10. The fourth-order valence-electron chi connectivity index (χ4n) is 3.96. The molecule has 0 N–H and O–H groups in total. The summed E-state index contributed by atoms with van der Waals surface area (Å²) in [5, 5.41) is 0.